The highest BCUT2D eigenvalue weighted by atomic mass is 16.5. The molecule has 0 aliphatic heterocycles. The molecule has 1 aromatic heterocycles. The van der Waals surface area contributed by atoms with Crippen LogP contribution in [0, 0.1) is 5.92 Å². The van der Waals surface area contributed by atoms with Gasteiger partial charge in [0.1, 0.15) is 0 Å². The normalized spacial score (nSPS) is 12.1. The molecule has 1 heterocycles. The van der Waals surface area contributed by atoms with E-state index >= 15 is 0 Å². The predicted molar refractivity (Wildman–Crippen MR) is 104 cm³/mol. The zero-order valence-corrected chi connectivity index (χ0v) is 15.2. The number of benzene rings is 2. The number of fused-ring (bicyclic) bond motifs is 1. The first-order valence-electron chi connectivity index (χ1n) is 8.94. The highest BCUT2D eigenvalue weighted by Gasteiger charge is 2.17. The Balaban J connectivity index is 1.79. The Morgan fingerprint density at radius 3 is 2.50 bits per heavy atom. The third-order valence-corrected chi connectivity index (χ3v) is 4.11. The van der Waals surface area contributed by atoms with Crippen molar-refractivity contribution in [3.63, 3.8) is 0 Å². The van der Waals surface area contributed by atoms with E-state index in [1.165, 1.54) is 0 Å². The average molecular weight is 348 g/mol. The largest absolute Gasteiger partial charge is 0.449 e. The lowest BCUT2D eigenvalue weighted by molar-refractivity contribution is 0.129. The molecule has 2 aromatic carbocycles. The molecular formula is C22H24N2O2. The van der Waals surface area contributed by atoms with E-state index < -0.39 is 6.09 Å². The quantitative estimate of drug-likeness (QED) is 0.689. The number of alkyl carbamates (subject to hydrolysis) is 1. The van der Waals surface area contributed by atoms with Gasteiger partial charge in [0, 0.05) is 17.5 Å². The van der Waals surface area contributed by atoms with Crippen LogP contribution in [0.1, 0.15) is 31.1 Å². The van der Waals surface area contributed by atoms with Crippen LogP contribution in [0.3, 0.4) is 0 Å². The van der Waals surface area contributed by atoms with Crippen LogP contribution in [0.25, 0.3) is 10.9 Å². The van der Waals surface area contributed by atoms with Gasteiger partial charge in [-0.3, -0.25) is 4.98 Å². The third kappa shape index (κ3) is 4.82. The Morgan fingerprint density at radius 2 is 1.73 bits per heavy atom. The number of para-hydroxylation sites is 1. The third-order valence-electron chi connectivity index (χ3n) is 4.11. The second-order valence-corrected chi connectivity index (χ2v) is 6.80. The van der Waals surface area contributed by atoms with Crippen LogP contribution in [0.4, 0.5) is 4.79 Å². The van der Waals surface area contributed by atoms with Crippen molar-refractivity contribution in [3.8, 4) is 0 Å². The topological polar surface area (TPSA) is 51.2 Å². The van der Waals surface area contributed by atoms with Crippen LogP contribution >= 0.6 is 0 Å². The molecule has 1 atom stereocenters. The van der Waals surface area contributed by atoms with Crippen LogP contribution in [0.5, 0.6) is 0 Å². The molecule has 4 nitrogen and oxygen atoms in total. The van der Waals surface area contributed by atoms with Gasteiger partial charge in [0.05, 0.1) is 18.2 Å². The summed E-state index contributed by atoms with van der Waals surface area (Å²) in [5.74, 6) is 0.304. The molecule has 1 amide bonds. The Kier molecular flexibility index (Phi) is 5.84. The summed E-state index contributed by atoms with van der Waals surface area (Å²) >= 11 is 0. The molecule has 0 fully saturated rings. The summed E-state index contributed by atoms with van der Waals surface area (Å²) in [6, 6.07) is 21.8. The number of aromatic nitrogens is 1. The number of nitrogens with zero attached hydrogens (tertiary/aromatic N) is 1. The molecule has 1 N–H and O–H groups in total. The van der Waals surface area contributed by atoms with Crippen LogP contribution in [-0.2, 0) is 11.2 Å². The number of ether oxygens (including phenoxy) is 1. The van der Waals surface area contributed by atoms with Gasteiger partial charge in [0.25, 0.3) is 0 Å². The van der Waals surface area contributed by atoms with Gasteiger partial charge in [-0.1, -0.05) is 68.4 Å². The molecule has 0 bridgehead atoms. The molecular weight excluding hydrogens is 324 g/mol. The van der Waals surface area contributed by atoms with Gasteiger partial charge >= 0.3 is 6.09 Å². The lowest BCUT2D eigenvalue weighted by Crippen LogP contribution is -2.31. The summed E-state index contributed by atoms with van der Waals surface area (Å²) in [6.45, 7) is 4.43. The number of carbonyl (C=O) groups excluding carboxylic acids is 1. The van der Waals surface area contributed by atoms with E-state index in [1.54, 1.807) is 0 Å². The number of rotatable bonds is 6. The van der Waals surface area contributed by atoms with Crippen molar-refractivity contribution in [1.29, 1.82) is 0 Å². The Hall–Kier alpha value is -2.88. The second-order valence-electron chi connectivity index (χ2n) is 6.80. The zero-order valence-electron chi connectivity index (χ0n) is 15.2. The van der Waals surface area contributed by atoms with E-state index in [-0.39, 0.29) is 6.04 Å². The highest BCUT2D eigenvalue weighted by molar-refractivity contribution is 5.78. The van der Waals surface area contributed by atoms with Gasteiger partial charge < -0.3 is 10.1 Å². The number of nitrogens with one attached hydrogen (secondary N) is 1. The van der Waals surface area contributed by atoms with Gasteiger partial charge in [-0.2, -0.15) is 0 Å². The van der Waals surface area contributed by atoms with E-state index in [4.69, 9.17) is 9.72 Å². The van der Waals surface area contributed by atoms with Crippen molar-refractivity contribution >= 4 is 17.0 Å². The number of pyridine rings is 1. The van der Waals surface area contributed by atoms with Crippen LogP contribution in [0.15, 0.2) is 66.7 Å². The van der Waals surface area contributed by atoms with Crippen LogP contribution in [0.2, 0.25) is 0 Å². The fourth-order valence-electron chi connectivity index (χ4n) is 2.79. The molecule has 26 heavy (non-hydrogen) atoms. The van der Waals surface area contributed by atoms with Crippen molar-refractivity contribution in [3.05, 3.63) is 78.0 Å². The Bertz CT molecular complexity index is 862. The SMILES string of the molecule is CC(C)COC(=O)NC(Cc1ccc2ccccc2n1)c1ccccc1. The fourth-order valence-corrected chi connectivity index (χ4v) is 2.79. The minimum atomic E-state index is -0.395. The molecule has 0 aliphatic rings. The first-order chi connectivity index (χ1) is 12.6. The van der Waals surface area contributed by atoms with Crippen molar-refractivity contribution in [1.82, 2.24) is 10.3 Å². The number of hydrogen-bond acceptors (Lipinski definition) is 3. The summed E-state index contributed by atoms with van der Waals surface area (Å²) in [5.41, 5.74) is 2.92. The van der Waals surface area contributed by atoms with Crippen LogP contribution < -0.4 is 5.32 Å². The van der Waals surface area contributed by atoms with Crippen molar-refractivity contribution in [2.45, 2.75) is 26.3 Å². The van der Waals surface area contributed by atoms with Gasteiger partial charge in [-0.15, -0.1) is 0 Å². The maximum atomic E-state index is 12.2. The Morgan fingerprint density at radius 1 is 1.00 bits per heavy atom. The van der Waals surface area contributed by atoms with Crippen molar-refractivity contribution in [2.75, 3.05) is 6.61 Å². The van der Waals surface area contributed by atoms with Crippen molar-refractivity contribution in [2.24, 2.45) is 5.92 Å². The monoisotopic (exact) mass is 348 g/mol. The minimum Gasteiger partial charge on any atom is -0.449 e. The molecule has 3 rings (SSSR count). The van der Waals surface area contributed by atoms with E-state index in [0.29, 0.717) is 18.9 Å². The van der Waals surface area contributed by atoms with Gasteiger partial charge in [-0.25, -0.2) is 4.79 Å². The highest BCUT2D eigenvalue weighted by Crippen LogP contribution is 2.20. The number of amides is 1. The summed E-state index contributed by atoms with van der Waals surface area (Å²) in [6.07, 6.45) is 0.208. The molecule has 0 radical (unpaired) electrons. The van der Waals surface area contributed by atoms with E-state index in [1.807, 2.05) is 74.5 Å². The smallest absolute Gasteiger partial charge is 0.407 e. The summed E-state index contributed by atoms with van der Waals surface area (Å²) < 4.78 is 5.29. The predicted octanol–water partition coefficient (Wildman–Crippen LogP) is 4.90. The molecule has 0 saturated carbocycles. The molecule has 0 aliphatic carbocycles. The maximum absolute atomic E-state index is 12.2. The summed E-state index contributed by atoms with van der Waals surface area (Å²) in [5, 5.41) is 4.09. The maximum Gasteiger partial charge on any atom is 0.407 e. The molecule has 3 aromatic rings. The van der Waals surface area contributed by atoms with Gasteiger partial charge in [-0.05, 0) is 23.6 Å². The van der Waals surface area contributed by atoms with Crippen molar-refractivity contribution < 1.29 is 9.53 Å². The van der Waals surface area contributed by atoms with Gasteiger partial charge in [0.15, 0.2) is 0 Å². The molecule has 4 heteroatoms. The lowest BCUT2D eigenvalue weighted by Gasteiger charge is -2.19. The lowest BCUT2D eigenvalue weighted by atomic mass is 10.0. The Labute approximate surface area is 154 Å². The first-order valence-corrected chi connectivity index (χ1v) is 8.94. The molecule has 0 spiro atoms. The van der Waals surface area contributed by atoms with E-state index in [9.17, 15) is 4.79 Å². The summed E-state index contributed by atoms with van der Waals surface area (Å²) in [4.78, 5) is 16.9. The van der Waals surface area contributed by atoms with Gasteiger partial charge in [0.2, 0.25) is 0 Å². The number of hydrogen-bond donors (Lipinski definition) is 1. The van der Waals surface area contributed by atoms with Crippen LogP contribution in [-0.4, -0.2) is 17.7 Å². The fraction of sp³-hybridized carbons (Fsp3) is 0.273. The van der Waals surface area contributed by atoms with E-state index in [2.05, 4.69) is 11.4 Å². The second kappa shape index (κ2) is 8.48. The molecule has 0 saturated heterocycles. The average Bonchev–Trinajstić information content (AvgIpc) is 2.66. The molecule has 1 unspecified atom stereocenters. The molecule has 134 valence electrons. The first kappa shape index (κ1) is 17.9. The number of carbonyl (C=O) groups is 1. The standard InChI is InChI=1S/C22H24N2O2/c1-16(2)15-26-22(25)24-21(17-8-4-3-5-9-17)14-19-13-12-18-10-6-7-11-20(18)23-19/h3-13,16,21H,14-15H2,1-2H3,(H,24,25). The minimum absolute atomic E-state index is 0.190. The van der Waals surface area contributed by atoms with E-state index in [0.717, 1.165) is 22.2 Å². The summed E-state index contributed by atoms with van der Waals surface area (Å²) in [7, 11) is 0. The zero-order chi connectivity index (χ0) is 18.4.